The minimum absolute atomic E-state index is 0.00255. The Morgan fingerprint density at radius 1 is 0.933 bits per heavy atom. The Balaban J connectivity index is 1.74. The molecular weight excluding hydrogens is 372 g/mol. The third kappa shape index (κ3) is 2.08. The van der Waals surface area contributed by atoms with Crippen molar-refractivity contribution in [2.24, 2.45) is 45.8 Å². The Bertz CT molecular complexity index is 742. The summed E-state index contributed by atoms with van der Waals surface area (Å²) in [6.45, 7) is 8.05. The van der Waals surface area contributed by atoms with Crippen LogP contribution in [-0.2, 0) is 14.3 Å². The maximum Gasteiger partial charge on any atom is 0.320 e. The predicted molar refractivity (Wildman–Crippen MR) is 118 cm³/mol. The second-order valence-corrected chi connectivity index (χ2v) is 10.8. The number of methoxy groups -OCH3 is 1. The summed E-state index contributed by atoms with van der Waals surface area (Å²) in [7, 11) is 1.48. The van der Waals surface area contributed by atoms with E-state index in [4.69, 9.17) is 4.74 Å². The number of hydrogen-bond donors (Lipinski definition) is 0. The number of carbonyl (C=O) groups excluding carboxylic acids is 2. The third-order valence-corrected chi connectivity index (χ3v) is 10.3. The Morgan fingerprint density at radius 3 is 1.93 bits per heavy atom. The first-order valence-electron chi connectivity index (χ1n) is 12.4. The Kier molecular flexibility index (Phi) is 4.83. The van der Waals surface area contributed by atoms with Gasteiger partial charge < -0.3 is 4.74 Å². The molecule has 0 aromatic rings. The molecule has 6 unspecified atom stereocenters. The summed E-state index contributed by atoms with van der Waals surface area (Å²) < 4.78 is 5.47. The van der Waals surface area contributed by atoms with Crippen molar-refractivity contribution in [2.45, 2.75) is 77.0 Å². The first-order valence-corrected chi connectivity index (χ1v) is 12.4. The average molecular weight is 411 g/mol. The van der Waals surface area contributed by atoms with Gasteiger partial charge in [0.25, 0.3) is 0 Å². The number of Topliss-reactive ketones (excluding diaryl/α,β-unsaturated/α-hetero) is 1. The summed E-state index contributed by atoms with van der Waals surface area (Å²) in [5.41, 5.74) is -1.21. The van der Waals surface area contributed by atoms with Crippen LogP contribution in [0.25, 0.3) is 0 Å². The number of fused-ring (bicyclic) bond motifs is 7. The number of allylic oxidation sites excluding steroid dienone is 2. The van der Waals surface area contributed by atoms with Gasteiger partial charge >= 0.3 is 5.97 Å². The zero-order valence-electron chi connectivity index (χ0n) is 18.7. The summed E-state index contributed by atoms with van der Waals surface area (Å²) in [6, 6.07) is 0. The number of carbonyl (C=O) groups is 2. The highest BCUT2D eigenvalue weighted by atomic mass is 16.5. The molecule has 0 radical (unpaired) electrons. The summed E-state index contributed by atoms with van der Waals surface area (Å²) in [4.78, 5) is 28.0. The van der Waals surface area contributed by atoms with Crippen molar-refractivity contribution in [1.29, 1.82) is 0 Å². The van der Waals surface area contributed by atoms with Crippen LogP contribution in [0.5, 0.6) is 0 Å². The predicted octanol–water partition coefficient (Wildman–Crippen LogP) is 5.89. The van der Waals surface area contributed by atoms with Gasteiger partial charge in [0.15, 0.2) is 5.78 Å². The number of hydrogen-bond acceptors (Lipinski definition) is 3. The van der Waals surface area contributed by atoms with Crippen LogP contribution >= 0.6 is 0 Å². The fourth-order valence-electron chi connectivity index (χ4n) is 9.91. The fourth-order valence-corrected chi connectivity index (χ4v) is 9.91. The molecule has 0 aromatic heterocycles. The van der Waals surface area contributed by atoms with E-state index in [-0.39, 0.29) is 28.5 Å². The van der Waals surface area contributed by atoms with Crippen molar-refractivity contribution >= 4 is 11.8 Å². The van der Waals surface area contributed by atoms with Crippen molar-refractivity contribution in [3.8, 4) is 0 Å². The average Bonchev–Trinajstić information content (AvgIpc) is 3.59. The summed E-state index contributed by atoms with van der Waals surface area (Å²) in [5.74, 6) is 2.07. The quantitative estimate of drug-likeness (QED) is 0.322. The summed E-state index contributed by atoms with van der Waals surface area (Å²) >= 11 is 0. The molecule has 0 N–H and O–H groups in total. The maximum atomic E-state index is 14.4. The minimum Gasteiger partial charge on any atom is -0.468 e. The van der Waals surface area contributed by atoms with Crippen LogP contribution in [0.2, 0.25) is 0 Å². The van der Waals surface area contributed by atoms with E-state index in [0.717, 1.165) is 0 Å². The van der Waals surface area contributed by atoms with E-state index in [1.54, 1.807) is 0 Å². The van der Waals surface area contributed by atoms with Crippen LogP contribution in [0.1, 0.15) is 77.0 Å². The molecule has 0 saturated heterocycles. The molecule has 164 valence electrons. The van der Waals surface area contributed by atoms with Crippen LogP contribution < -0.4 is 0 Å². The second-order valence-electron chi connectivity index (χ2n) is 10.8. The zero-order chi connectivity index (χ0) is 21.1. The molecule has 2 spiro atoms. The molecule has 30 heavy (non-hydrogen) atoms. The number of ketones is 1. The highest BCUT2D eigenvalue weighted by molar-refractivity contribution is 6.10. The standard InChI is InChI=1S/C27H38O3/c1-4-12-22-23(28)25(17-5-2,24(29)30-3)27(20-15-10-7-11-16-21(20)27)26(22)18-13-8-6-9-14-19(18)26/h4-5,18-22H,1-2,6-17H2,3H3. The SMILES string of the molecule is C=CCC1C(=O)C(CC=C)(C(=O)OC)C2(C3CCCCCC32)C12C1CCCCCC12. The largest absolute Gasteiger partial charge is 0.468 e. The topological polar surface area (TPSA) is 43.4 Å². The van der Waals surface area contributed by atoms with Crippen molar-refractivity contribution in [3.63, 3.8) is 0 Å². The minimum atomic E-state index is -1.02. The molecule has 0 amide bonds. The van der Waals surface area contributed by atoms with E-state index < -0.39 is 5.41 Å². The van der Waals surface area contributed by atoms with Gasteiger partial charge in [0, 0.05) is 11.3 Å². The third-order valence-electron chi connectivity index (χ3n) is 10.3. The van der Waals surface area contributed by atoms with Gasteiger partial charge in [-0.15, -0.1) is 13.2 Å². The molecular formula is C27H38O3. The van der Waals surface area contributed by atoms with Gasteiger partial charge in [-0.3, -0.25) is 9.59 Å². The number of rotatable bonds is 5. The zero-order valence-corrected chi connectivity index (χ0v) is 18.7. The monoisotopic (exact) mass is 410 g/mol. The number of ether oxygens (including phenoxy) is 1. The van der Waals surface area contributed by atoms with Gasteiger partial charge in [-0.25, -0.2) is 0 Å². The molecule has 0 aliphatic heterocycles. The Hall–Kier alpha value is -1.38. The van der Waals surface area contributed by atoms with Gasteiger partial charge in [-0.2, -0.15) is 0 Å². The Labute approximate surface area is 181 Å². The molecule has 5 fully saturated rings. The Morgan fingerprint density at radius 2 is 1.47 bits per heavy atom. The molecule has 6 atom stereocenters. The van der Waals surface area contributed by atoms with E-state index in [2.05, 4.69) is 13.2 Å². The van der Waals surface area contributed by atoms with E-state index >= 15 is 0 Å². The lowest BCUT2D eigenvalue weighted by molar-refractivity contribution is -0.162. The summed E-state index contributed by atoms with van der Waals surface area (Å²) in [6.07, 6.45) is 17.4. The van der Waals surface area contributed by atoms with Crippen LogP contribution in [0.15, 0.2) is 25.3 Å². The lowest BCUT2D eigenvalue weighted by Crippen LogP contribution is -2.46. The lowest BCUT2D eigenvalue weighted by atomic mass is 9.63. The van der Waals surface area contributed by atoms with Gasteiger partial charge in [-0.1, -0.05) is 50.7 Å². The van der Waals surface area contributed by atoms with Crippen molar-refractivity contribution in [3.05, 3.63) is 25.3 Å². The van der Waals surface area contributed by atoms with Crippen molar-refractivity contribution in [2.75, 3.05) is 7.11 Å². The smallest absolute Gasteiger partial charge is 0.320 e. The van der Waals surface area contributed by atoms with E-state index in [9.17, 15) is 9.59 Å². The molecule has 0 bridgehead atoms. The van der Waals surface area contributed by atoms with Gasteiger partial charge in [0.2, 0.25) is 0 Å². The molecule has 5 saturated carbocycles. The molecule has 5 rings (SSSR count). The van der Waals surface area contributed by atoms with E-state index in [1.807, 2.05) is 12.2 Å². The highest BCUT2D eigenvalue weighted by Gasteiger charge is 2.96. The van der Waals surface area contributed by atoms with Crippen LogP contribution in [0.3, 0.4) is 0 Å². The van der Waals surface area contributed by atoms with Gasteiger partial charge in [0.05, 0.1) is 7.11 Å². The number of esters is 1. The van der Waals surface area contributed by atoms with Crippen LogP contribution in [0, 0.1) is 45.8 Å². The van der Waals surface area contributed by atoms with E-state index in [1.165, 1.54) is 71.3 Å². The first-order chi connectivity index (χ1) is 14.6. The fraction of sp³-hybridized carbons (Fsp3) is 0.778. The maximum absolute atomic E-state index is 14.4. The normalized spacial score (nSPS) is 49.0. The van der Waals surface area contributed by atoms with Gasteiger partial charge in [-0.05, 0) is 67.6 Å². The second kappa shape index (κ2) is 7.07. The lowest BCUT2D eigenvalue weighted by Gasteiger charge is -2.38. The molecule has 0 aromatic carbocycles. The molecule has 0 heterocycles. The van der Waals surface area contributed by atoms with E-state index in [0.29, 0.717) is 36.5 Å². The van der Waals surface area contributed by atoms with Crippen LogP contribution in [-0.4, -0.2) is 18.9 Å². The molecule has 5 aliphatic carbocycles. The summed E-state index contributed by atoms with van der Waals surface area (Å²) in [5, 5.41) is 0. The van der Waals surface area contributed by atoms with Crippen molar-refractivity contribution < 1.29 is 14.3 Å². The highest BCUT2D eigenvalue weighted by Crippen LogP contribution is 2.95. The molecule has 3 heteroatoms. The first kappa shape index (κ1) is 20.5. The van der Waals surface area contributed by atoms with Gasteiger partial charge in [0.1, 0.15) is 5.41 Å². The van der Waals surface area contributed by atoms with Crippen LogP contribution in [0.4, 0.5) is 0 Å². The molecule has 3 nitrogen and oxygen atoms in total. The van der Waals surface area contributed by atoms with Crippen molar-refractivity contribution in [1.82, 2.24) is 0 Å². The molecule has 5 aliphatic rings.